The summed E-state index contributed by atoms with van der Waals surface area (Å²) in [6.45, 7) is 1.14. The fourth-order valence-electron chi connectivity index (χ4n) is 1.81. The van der Waals surface area contributed by atoms with Gasteiger partial charge in [-0.3, -0.25) is 0 Å². The van der Waals surface area contributed by atoms with Crippen molar-refractivity contribution in [1.82, 2.24) is 0 Å². The Labute approximate surface area is 138 Å². The molecule has 5 nitrogen and oxygen atoms in total. The van der Waals surface area contributed by atoms with Crippen LogP contribution in [0.15, 0.2) is 36.4 Å². The van der Waals surface area contributed by atoms with Gasteiger partial charge in [0, 0.05) is 11.6 Å². The molecular weight excluding hydrogens is 320 g/mol. The van der Waals surface area contributed by atoms with E-state index >= 15 is 0 Å². The summed E-state index contributed by atoms with van der Waals surface area (Å²) in [4.78, 5) is 12.1. The lowest BCUT2D eigenvalue weighted by Gasteiger charge is -2.12. The first kappa shape index (κ1) is 19.5. The average Bonchev–Trinajstić information content (AvgIpc) is 2.48. The highest BCUT2D eigenvalue weighted by Crippen LogP contribution is 2.27. The van der Waals surface area contributed by atoms with Gasteiger partial charge in [-0.2, -0.15) is 0 Å². The monoisotopic (exact) mass is 339 g/mol. The van der Waals surface area contributed by atoms with Crippen LogP contribution in [-0.4, -0.2) is 43.4 Å². The zero-order chi connectivity index (χ0) is 18.3. The smallest absolute Gasteiger partial charge is 0.335 e. The lowest BCUT2D eigenvalue weighted by atomic mass is 10.0. The molecule has 2 aromatic rings. The van der Waals surface area contributed by atoms with Crippen LogP contribution in [0.25, 0.3) is 11.1 Å². The van der Waals surface area contributed by atoms with E-state index in [0.717, 1.165) is 24.7 Å². The molecule has 0 fully saturated rings. The molecule has 0 unspecified atom stereocenters. The Hall–Kier alpha value is -2.51. The summed E-state index contributed by atoms with van der Waals surface area (Å²) >= 11 is 0. The summed E-state index contributed by atoms with van der Waals surface area (Å²) in [7, 11) is 4.02. The lowest BCUT2D eigenvalue weighted by Crippen LogP contribution is -3.06. The van der Waals surface area contributed by atoms with Gasteiger partial charge in [0.15, 0.2) is 0 Å². The highest BCUT2D eigenvalue weighted by Gasteiger charge is 2.10. The van der Waals surface area contributed by atoms with Crippen LogP contribution < -0.4 is 10.0 Å². The van der Waals surface area contributed by atoms with Crippen molar-refractivity contribution in [3.05, 3.63) is 53.6 Å². The largest absolute Gasteiger partial charge is 0.872 e. The topological polar surface area (TPSA) is 85.0 Å². The molecule has 0 spiro atoms. The zero-order valence-electron chi connectivity index (χ0n) is 13.3. The SMILES string of the molecule is C[NH+](C)CCO.O=C(O)c1cc(-c2ccc(F)cc2F)ccc1[O-]. The second-order valence-electron chi connectivity index (χ2n) is 5.32. The fraction of sp³-hybridized carbons (Fsp3) is 0.235. The van der Waals surface area contributed by atoms with E-state index in [0.29, 0.717) is 12.7 Å². The van der Waals surface area contributed by atoms with Gasteiger partial charge in [0.1, 0.15) is 18.2 Å². The van der Waals surface area contributed by atoms with E-state index in [2.05, 4.69) is 0 Å². The first-order valence-electron chi connectivity index (χ1n) is 7.16. The van der Waals surface area contributed by atoms with Gasteiger partial charge in [-0.05, 0) is 23.8 Å². The van der Waals surface area contributed by atoms with Crippen molar-refractivity contribution in [3.63, 3.8) is 0 Å². The molecule has 0 aliphatic rings. The Morgan fingerprint density at radius 2 is 1.83 bits per heavy atom. The molecule has 0 saturated carbocycles. The molecule has 2 aromatic carbocycles. The number of hydrogen-bond acceptors (Lipinski definition) is 3. The molecule has 0 aliphatic carbocycles. The maximum absolute atomic E-state index is 13.5. The van der Waals surface area contributed by atoms with Crippen molar-refractivity contribution in [1.29, 1.82) is 0 Å². The molecule has 3 N–H and O–H groups in total. The number of carboxylic acid groups (broad SMARTS) is 1. The van der Waals surface area contributed by atoms with Crippen molar-refractivity contribution in [2.24, 2.45) is 0 Å². The van der Waals surface area contributed by atoms with Crippen LogP contribution in [0, 0.1) is 11.6 Å². The molecule has 0 aliphatic heterocycles. The number of halogens is 2. The number of rotatable bonds is 4. The van der Waals surface area contributed by atoms with Gasteiger partial charge in [-0.25, -0.2) is 13.6 Å². The first-order valence-corrected chi connectivity index (χ1v) is 7.16. The van der Waals surface area contributed by atoms with E-state index in [1.165, 1.54) is 17.0 Å². The molecule has 0 aromatic heterocycles. The van der Waals surface area contributed by atoms with Crippen LogP contribution >= 0.6 is 0 Å². The van der Waals surface area contributed by atoms with Crippen molar-refractivity contribution in [2.75, 3.05) is 27.2 Å². The number of quaternary nitrogens is 1. The third kappa shape index (κ3) is 5.60. The third-order valence-corrected chi connectivity index (χ3v) is 3.06. The van der Waals surface area contributed by atoms with Gasteiger partial charge in [0.05, 0.1) is 26.3 Å². The molecule has 0 heterocycles. The average molecular weight is 339 g/mol. The highest BCUT2D eigenvalue weighted by molar-refractivity contribution is 5.92. The van der Waals surface area contributed by atoms with E-state index in [1.807, 2.05) is 14.1 Å². The predicted octanol–water partition coefficient (Wildman–Crippen LogP) is 0.527. The maximum Gasteiger partial charge on any atom is 0.335 e. The number of carboxylic acids is 1. The number of hydrogen-bond donors (Lipinski definition) is 3. The van der Waals surface area contributed by atoms with E-state index in [1.54, 1.807) is 0 Å². The summed E-state index contributed by atoms with van der Waals surface area (Å²) in [5.74, 6) is -3.58. The van der Waals surface area contributed by atoms with E-state index in [9.17, 15) is 18.7 Å². The summed E-state index contributed by atoms with van der Waals surface area (Å²) in [6.07, 6.45) is 0. The molecule has 0 amide bonds. The standard InChI is InChI=1S/C13H8F2O3.C4H11NO/c14-8-2-3-9(11(15)6-8)7-1-4-12(16)10(5-7)13(17)18;1-5(2)3-4-6/h1-6,16H,(H,17,18);6H,3-4H2,1-2H3. The fourth-order valence-corrected chi connectivity index (χ4v) is 1.81. The van der Waals surface area contributed by atoms with Crippen molar-refractivity contribution in [2.45, 2.75) is 0 Å². The van der Waals surface area contributed by atoms with Crippen LogP contribution in [-0.2, 0) is 0 Å². The lowest BCUT2D eigenvalue weighted by molar-refractivity contribution is -0.858. The molecule has 7 heteroatoms. The van der Waals surface area contributed by atoms with Crippen LogP contribution in [0.5, 0.6) is 5.75 Å². The number of aliphatic hydroxyl groups is 1. The Balaban J connectivity index is 0.000000413. The van der Waals surface area contributed by atoms with E-state index in [4.69, 9.17) is 10.2 Å². The highest BCUT2D eigenvalue weighted by atomic mass is 19.1. The van der Waals surface area contributed by atoms with Gasteiger partial charge in [-0.15, -0.1) is 0 Å². The third-order valence-electron chi connectivity index (χ3n) is 3.06. The molecule has 130 valence electrons. The first-order chi connectivity index (χ1) is 11.3. The minimum Gasteiger partial charge on any atom is -0.872 e. The minimum atomic E-state index is -1.38. The molecule has 0 saturated heterocycles. The van der Waals surface area contributed by atoms with Gasteiger partial charge in [0.25, 0.3) is 0 Å². The van der Waals surface area contributed by atoms with Crippen molar-refractivity contribution >= 4 is 5.97 Å². The molecule has 0 radical (unpaired) electrons. The summed E-state index contributed by atoms with van der Waals surface area (Å²) in [5.41, 5.74) is -0.195. The quantitative estimate of drug-likeness (QED) is 0.758. The Morgan fingerprint density at radius 1 is 1.17 bits per heavy atom. The van der Waals surface area contributed by atoms with Crippen LogP contribution in [0.3, 0.4) is 0 Å². The van der Waals surface area contributed by atoms with Crippen LogP contribution in [0.2, 0.25) is 0 Å². The van der Waals surface area contributed by atoms with Gasteiger partial charge in [0.2, 0.25) is 0 Å². The summed E-state index contributed by atoms with van der Waals surface area (Å²) in [5, 5.41) is 28.3. The van der Waals surface area contributed by atoms with Crippen molar-refractivity contribution < 1.29 is 33.8 Å². The molecular formula is C17H19F2NO4. The normalized spacial score (nSPS) is 10.2. The molecule has 24 heavy (non-hydrogen) atoms. The van der Waals surface area contributed by atoms with E-state index in [-0.39, 0.29) is 11.1 Å². The van der Waals surface area contributed by atoms with Crippen LogP contribution in [0.1, 0.15) is 10.4 Å². The maximum atomic E-state index is 13.5. The number of aliphatic hydroxyl groups excluding tert-OH is 1. The molecule has 0 bridgehead atoms. The van der Waals surface area contributed by atoms with Crippen molar-refractivity contribution in [3.8, 4) is 16.9 Å². The number of aromatic carboxylic acids is 1. The minimum absolute atomic E-state index is 0.0406. The Bertz CT molecular complexity index is 705. The Kier molecular flexibility index (Phi) is 7.29. The second kappa shape index (κ2) is 8.95. The number of benzene rings is 2. The zero-order valence-corrected chi connectivity index (χ0v) is 13.3. The second-order valence-corrected chi connectivity index (χ2v) is 5.32. The van der Waals surface area contributed by atoms with Gasteiger partial charge >= 0.3 is 5.97 Å². The molecule has 0 atom stereocenters. The van der Waals surface area contributed by atoms with Gasteiger partial charge in [-0.1, -0.05) is 17.9 Å². The number of carbonyl (C=O) groups is 1. The summed E-state index contributed by atoms with van der Waals surface area (Å²) in [6, 6.07) is 6.36. The van der Waals surface area contributed by atoms with Gasteiger partial charge < -0.3 is 20.2 Å². The number of nitrogens with one attached hydrogen (secondary N) is 1. The Morgan fingerprint density at radius 3 is 2.29 bits per heavy atom. The summed E-state index contributed by atoms with van der Waals surface area (Å²) < 4.78 is 26.3. The predicted molar refractivity (Wildman–Crippen MR) is 83.0 cm³/mol. The molecule has 2 rings (SSSR count). The number of likely N-dealkylation sites (N-methyl/N-ethyl adjacent to an activating group) is 1. The van der Waals surface area contributed by atoms with Crippen LogP contribution in [0.4, 0.5) is 8.78 Å². The van der Waals surface area contributed by atoms with E-state index < -0.39 is 28.9 Å².